The molecule has 0 spiro atoms. The van der Waals surface area contributed by atoms with E-state index in [9.17, 15) is 4.39 Å². The summed E-state index contributed by atoms with van der Waals surface area (Å²) in [6.07, 6.45) is 1.70. The first-order chi connectivity index (χ1) is 12.7. The Hall–Kier alpha value is -2.76. The van der Waals surface area contributed by atoms with Gasteiger partial charge in [0.15, 0.2) is 5.96 Å². The van der Waals surface area contributed by atoms with Gasteiger partial charge in [0.25, 0.3) is 0 Å². The van der Waals surface area contributed by atoms with E-state index >= 15 is 0 Å². The van der Waals surface area contributed by atoms with Crippen molar-refractivity contribution in [3.63, 3.8) is 0 Å². The molecule has 6 heteroatoms. The summed E-state index contributed by atoms with van der Waals surface area (Å²) in [5.74, 6) is 2.03. The van der Waals surface area contributed by atoms with Crippen molar-refractivity contribution in [2.45, 2.75) is 19.4 Å². The molecular weight excluding hydrogens is 333 g/mol. The molecule has 140 valence electrons. The average Bonchev–Trinajstić information content (AvgIpc) is 2.67. The standard InChI is InChI=1S/C20H26FN3O2/c1-22-20(23-11-5-7-15-6-4-8-17(21)12-15)24-14-16-9-10-18(25-2)13-19(16)26-3/h4,6,8-10,12-13H,5,7,11,14H2,1-3H3,(H2,22,23,24). The Kier molecular flexibility index (Phi) is 7.74. The van der Waals surface area contributed by atoms with E-state index < -0.39 is 0 Å². The summed E-state index contributed by atoms with van der Waals surface area (Å²) >= 11 is 0. The van der Waals surface area contributed by atoms with Crippen molar-refractivity contribution in [3.8, 4) is 11.5 Å². The van der Waals surface area contributed by atoms with Crippen LogP contribution in [0.5, 0.6) is 11.5 Å². The van der Waals surface area contributed by atoms with Gasteiger partial charge in [-0.15, -0.1) is 0 Å². The Balaban J connectivity index is 1.79. The smallest absolute Gasteiger partial charge is 0.191 e. The van der Waals surface area contributed by atoms with E-state index in [0.29, 0.717) is 12.5 Å². The van der Waals surface area contributed by atoms with Gasteiger partial charge in [0, 0.05) is 31.8 Å². The number of hydrogen-bond donors (Lipinski definition) is 2. The Labute approximate surface area is 154 Å². The van der Waals surface area contributed by atoms with Crippen LogP contribution in [0.15, 0.2) is 47.5 Å². The van der Waals surface area contributed by atoms with Crippen LogP contribution in [0, 0.1) is 5.82 Å². The lowest BCUT2D eigenvalue weighted by Gasteiger charge is -2.14. The summed E-state index contributed by atoms with van der Waals surface area (Å²) in [6, 6.07) is 12.4. The van der Waals surface area contributed by atoms with Gasteiger partial charge >= 0.3 is 0 Å². The zero-order valence-corrected chi connectivity index (χ0v) is 15.5. The van der Waals surface area contributed by atoms with Gasteiger partial charge in [0.2, 0.25) is 0 Å². The van der Waals surface area contributed by atoms with Crippen molar-refractivity contribution < 1.29 is 13.9 Å². The van der Waals surface area contributed by atoms with Crippen molar-refractivity contribution in [2.24, 2.45) is 4.99 Å². The minimum Gasteiger partial charge on any atom is -0.497 e. The molecule has 0 atom stereocenters. The van der Waals surface area contributed by atoms with Crippen LogP contribution in [0.4, 0.5) is 4.39 Å². The third kappa shape index (κ3) is 5.95. The maximum atomic E-state index is 13.2. The molecule has 0 unspecified atom stereocenters. The van der Waals surface area contributed by atoms with Gasteiger partial charge in [0.05, 0.1) is 14.2 Å². The van der Waals surface area contributed by atoms with Crippen LogP contribution in [0.25, 0.3) is 0 Å². The molecule has 2 N–H and O–H groups in total. The lowest BCUT2D eigenvalue weighted by molar-refractivity contribution is 0.390. The van der Waals surface area contributed by atoms with Gasteiger partial charge in [-0.25, -0.2) is 4.39 Å². The number of ether oxygens (including phenoxy) is 2. The van der Waals surface area contributed by atoms with Crippen LogP contribution in [0.3, 0.4) is 0 Å². The summed E-state index contributed by atoms with van der Waals surface area (Å²) in [5.41, 5.74) is 2.01. The molecule has 2 aromatic carbocycles. The highest BCUT2D eigenvalue weighted by atomic mass is 19.1. The molecule has 0 saturated heterocycles. The zero-order valence-electron chi connectivity index (χ0n) is 15.5. The molecule has 0 heterocycles. The second-order valence-electron chi connectivity index (χ2n) is 5.76. The highest BCUT2D eigenvalue weighted by molar-refractivity contribution is 5.79. The fourth-order valence-corrected chi connectivity index (χ4v) is 2.59. The Morgan fingerprint density at radius 3 is 2.62 bits per heavy atom. The third-order valence-corrected chi connectivity index (χ3v) is 3.99. The SMILES string of the molecule is CN=C(NCCCc1cccc(F)c1)NCc1ccc(OC)cc1OC. The van der Waals surface area contributed by atoms with Crippen LogP contribution in [0.1, 0.15) is 17.5 Å². The van der Waals surface area contributed by atoms with E-state index in [2.05, 4.69) is 15.6 Å². The minimum atomic E-state index is -0.193. The molecule has 0 fully saturated rings. The van der Waals surface area contributed by atoms with Crippen molar-refractivity contribution in [3.05, 3.63) is 59.4 Å². The number of rotatable bonds is 8. The predicted octanol–water partition coefficient (Wildman–Crippen LogP) is 3.14. The van der Waals surface area contributed by atoms with Gasteiger partial charge in [-0.1, -0.05) is 12.1 Å². The number of aliphatic imine (C=N–C) groups is 1. The van der Waals surface area contributed by atoms with E-state index in [1.54, 1.807) is 33.4 Å². The van der Waals surface area contributed by atoms with Gasteiger partial charge in [-0.3, -0.25) is 4.99 Å². The molecule has 2 aromatic rings. The van der Waals surface area contributed by atoms with Gasteiger partial charge in [-0.05, 0) is 42.7 Å². The number of aryl methyl sites for hydroxylation is 1. The van der Waals surface area contributed by atoms with Crippen molar-refractivity contribution >= 4 is 5.96 Å². The van der Waals surface area contributed by atoms with E-state index in [-0.39, 0.29) is 5.82 Å². The van der Waals surface area contributed by atoms with E-state index in [1.165, 1.54) is 6.07 Å². The second kappa shape index (κ2) is 10.3. The highest BCUT2D eigenvalue weighted by Crippen LogP contribution is 2.24. The minimum absolute atomic E-state index is 0.193. The summed E-state index contributed by atoms with van der Waals surface area (Å²) in [7, 11) is 4.99. The van der Waals surface area contributed by atoms with Crippen molar-refractivity contribution in [1.82, 2.24) is 10.6 Å². The third-order valence-electron chi connectivity index (χ3n) is 3.99. The first-order valence-electron chi connectivity index (χ1n) is 8.56. The van der Waals surface area contributed by atoms with Crippen molar-refractivity contribution in [1.29, 1.82) is 0 Å². The topological polar surface area (TPSA) is 54.9 Å². The first kappa shape index (κ1) is 19.6. The molecule has 26 heavy (non-hydrogen) atoms. The van der Waals surface area contributed by atoms with Crippen LogP contribution < -0.4 is 20.1 Å². The lowest BCUT2D eigenvalue weighted by Crippen LogP contribution is -2.37. The van der Waals surface area contributed by atoms with Gasteiger partial charge < -0.3 is 20.1 Å². The number of nitrogens with zero attached hydrogens (tertiary/aromatic N) is 1. The number of benzene rings is 2. The molecule has 0 amide bonds. The van der Waals surface area contributed by atoms with Crippen LogP contribution in [-0.4, -0.2) is 33.8 Å². The van der Waals surface area contributed by atoms with E-state index in [1.807, 2.05) is 24.3 Å². The van der Waals surface area contributed by atoms with Crippen LogP contribution in [-0.2, 0) is 13.0 Å². The van der Waals surface area contributed by atoms with Gasteiger partial charge in [-0.2, -0.15) is 0 Å². The van der Waals surface area contributed by atoms with Crippen LogP contribution in [0.2, 0.25) is 0 Å². The molecule has 0 radical (unpaired) electrons. The fraction of sp³-hybridized carbons (Fsp3) is 0.350. The normalized spacial score (nSPS) is 11.2. The molecular formula is C20H26FN3O2. The largest absolute Gasteiger partial charge is 0.497 e. The van der Waals surface area contributed by atoms with E-state index in [0.717, 1.165) is 42.0 Å². The maximum absolute atomic E-state index is 13.2. The summed E-state index contributed by atoms with van der Waals surface area (Å²) < 4.78 is 23.8. The molecule has 0 aromatic heterocycles. The Morgan fingerprint density at radius 2 is 1.92 bits per heavy atom. The summed E-state index contributed by atoms with van der Waals surface area (Å²) in [4.78, 5) is 4.22. The average molecular weight is 359 g/mol. The Bertz CT molecular complexity index is 735. The van der Waals surface area contributed by atoms with Gasteiger partial charge in [0.1, 0.15) is 17.3 Å². The maximum Gasteiger partial charge on any atom is 0.191 e. The molecule has 0 saturated carbocycles. The number of methoxy groups -OCH3 is 2. The fourth-order valence-electron chi connectivity index (χ4n) is 2.59. The molecule has 0 aliphatic heterocycles. The van der Waals surface area contributed by atoms with E-state index in [4.69, 9.17) is 9.47 Å². The number of halogens is 1. The monoisotopic (exact) mass is 359 g/mol. The second-order valence-corrected chi connectivity index (χ2v) is 5.76. The lowest BCUT2D eigenvalue weighted by atomic mass is 10.1. The highest BCUT2D eigenvalue weighted by Gasteiger charge is 2.06. The zero-order chi connectivity index (χ0) is 18.8. The number of guanidine groups is 1. The van der Waals surface area contributed by atoms with Crippen LogP contribution >= 0.6 is 0 Å². The molecule has 5 nitrogen and oxygen atoms in total. The molecule has 0 aliphatic carbocycles. The first-order valence-corrected chi connectivity index (χ1v) is 8.56. The quantitative estimate of drug-likeness (QED) is 0.432. The van der Waals surface area contributed by atoms with Crippen molar-refractivity contribution in [2.75, 3.05) is 27.8 Å². The molecule has 0 aliphatic rings. The Morgan fingerprint density at radius 1 is 1.08 bits per heavy atom. The predicted molar refractivity (Wildman–Crippen MR) is 102 cm³/mol. The number of hydrogen-bond acceptors (Lipinski definition) is 3. The molecule has 2 rings (SSSR count). The molecule has 0 bridgehead atoms. The summed E-state index contributed by atoms with van der Waals surface area (Å²) in [5, 5.41) is 6.53. The summed E-state index contributed by atoms with van der Waals surface area (Å²) in [6.45, 7) is 1.33. The number of nitrogens with one attached hydrogen (secondary N) is 2.